The monoisotopic (exact) mass is 835 g/mol. The zero-order chi connectivity index (χ0) is 43.5. The number of aliphatic hydroxyl groups is 4. The van der Waals surface area contributed by atoms with E-state index < -0.39 is 96.1 Å². The second-order valence-corrected chi connectivity index (χ2v) is 18.6. The van der Waals surface area contributed by atoms with E-state index in [1.165, 1.54) is 7.11 Å². The smallest absolute Gasteiger partial charge is 0.311 e. The standard InChI is InChI=1S/C42H78N2O14/c1-15-29-42(10,49)37-24(4)32(43-30(56-37)21-52-17-16-50-13)22(2)19-40(8,48)36(58-39-33(45)28(44(11)12)18-23(3)53-39)25(5)34(26(6)38(47)55-29)57-31-20-41(9,51-14)35(46)27(7)54-31/h22-37,39,43,45-46,48-49H,15-21H2,1-14H3/t22-,23-,24+,25+,26-,27+,28+,29-,30+,31-,32+,33+,34+,35-,36-,37-,39+,40-,41+,42-/m1/s1. The highest BCUT2D eigenvalue weighted by Crippen LogP contribution is 2.43. The molecule has 0 aromatic carbocycles. The molecule has 0 aromatic rings. The Bertz CT molecular complexity index is 1290. The lowest BCUT2D eigenvalue weighted by Gasteiger charge is -2.52. The fraction of sp³-hybridized carbons (Fsp3) is 0.976. The lowest BCUT2D eigenvalue weighted by molar-refractivity contribution is -0.318. The predicted octanol–water partition coefficient (Wildman–Crippen LogP) is 2.20. The number of hydrogen-bond donors (Lipinski definition) is 5. The van der Waals surface area contributed by atoms with Gasteiger partial charge in [-0.1, -0.05) is 27.7 Å². The predicted molar refractivity (Wildman–Crippen MR) is 214 cm³/mol. The van der Waals surface area contributed by atoms with Crippen molar-refractivity contribution in [2.24, 2.45) is 23.7 Å². The van der Waals surface area contributed by atoms with Gasteiger partial charge in [0.15, 0.2) is 12.6 Å². The van der Waals surface area contributed by atoms with E-state index in [-0.39, 0.29) is 55.9 Å². The Morgan fingerprint density at radius 2 is 1.59 bits per heavy atom. The van der Waals surface area contributed by atoms with Gasteiger partial charge in [-0.05, 0) is 80.8 Å². The minimum atomic E-state index is -1.64. The summed E-state index contributed by atoms with van der Waals surface area (Å²) in [7, 11) is 6.90. The molecule has 0 aliphatic carbocycles. The van der Waals surface area contributed by atoms with E-state index in [4.69, 9.17) is 42.6 Å². The molecule has 4 saturated heterocycles. The molecule has 0 saturated carbocycles. The second-order valence-electron chi connectivity index (χ2n) is 18.6. The number of cyclic esters (lactones) is 1. The largest absolute Gasteiger partial charge is 0.459 e. The Hall–Kier alpha value is -1.09. The number of ether oxygens (including phenoxy) is 9. The molecule has 0 amide bonds. The lowest BCUT2D eigenvalue weighted by Crippen LogP contribution is -2.67. The molecule has 2 bridgehead atoms. The van der Waals surface area contributed by atoms with Gasteiger partial charge in [-0.3, -0.25) is 10.1 Å². The minimum absolute atomic E-state index is 0.137. The number of rotatable bonds is 12. The van der Waals surface area contributed by atoms with Gasteiger partial charge in [0.05, 0.1) is 67.5 Å². The number of carbonyl (C=O) groups is 1. The molecular weight excluding hydrogens is 756 g/mol. The lowest BCUT2D eigenvalue weighted by atomic mass is 9.71. The van der Waals surface area contributed by atoms with Crippen molar-refractivity contribution in [3.63, 3.8) is 0 Å². The fourth-order valence-corrected chi connectivity index (χ4v) is 10.0. The number of methoxy groups -OCH3 is 2. The van der Waals surface area contributed by atoms with Gasteiger partial charge in [0, 0.05) is 44.6 Å². The van der Waals surface area contributed by atoms with Gasteiger partial charge in [0.2, 0.25) is 0 Å². The highest BCUT2D eigenvalue weighted by atomic mass is 16.7. The Kier molecular flexibility index (Phi) is 17.4. The maximum Gasteiger partial charge on any atom is 0.311 e. The van der Waals surface area contributed by atoms with Crippen molar-refractivity contribution < 1.29 is 67.9 Å². The highest BCUT2D eigenvalue weighted by Gasteiger charge is 2.55. The third-order valence-corrected chi connectivity index (χ3v) is 13.5. The van der Waals surface area contributed by atoms with Gasteiger partial charge in [-0.15, -0.1) is 0 Å². The van der Waals surface area contributed by atoms with Crippen molar-refractivity contribution in [1.82, 2.24) is 10.2 Å². The van der Waals surface area contributed by atoms with Crippen molar-refractivity contribution in [2.75, 3.05) is 48.1 Å². The number of likely N-dealkylation sites (N-methyl/N-ethyl adjacent to an activating group) is 1. The fourth-order valence-electron chi connectivity index (χ4n) is 10.0. The summed E-state index contributed by atoms with van der Waals surface area (Å²) in [4.78, 5) is 16.4. The molecule has 16 nitrogen and oxygen atoms in total. The molecule has 4 aliphatic heterocycles. The summed E-state index contributed by atoms with van der Waals surface area (Å²) < 4.78 is 55.7. The van der Waals surface area contributed by atoms with Crippen LogP contribution in [0.3, 0.4) is 0 Å². The average molecular weight is 835 g/mol. The van der Waals surface area contributed by atoms with E-state index in [0.29, 0.717) is 19.6 Å². The number of nitrogens with one attached hydrogen (secondary N) is 1. The van der Waals surface area contributed by atoms with Gasteiger partial charge in [0.1, 0.15) is 30.1 Å². The quantitative estimate of drug-likeness (QED) is 0.142. The van der Waals surface area contributed by atoms with Crippen LogP contribution in [0, 0.1) is 23.7 Å². The number of nitrogens with zero attached hydrogens (tertiary/aromatic N) is 1. The molecule has 0 aromatic heterocycles. The van der Waals surface area contributed by atoms with Gasteiger partial charge >= 0.3 is 5.97 Å². The van der Waals surface area contributed by atoms with Crippen LogP contribution in [-0.2, 0) is 47.4 Å². The van der Waals surface area contributed by atoms with Crippen LogP contribution in [0.2, 0.25) is 0 Å². The normalized spacial score (nSPS) is 48.7. The second kappa shape index (κ2) is 20.4. The summed E-state index contributed by atoms with van der Waals surface area (Å²) >= 11 is 0. The summed E-state index contributed by atoms with van der Waals surface area (Å²) in [6.45, 7) is 19.1. The molecule has 16 heteroatoms. The molecule has 0 spiro atoms. The molecule has 20 atom stereocenters. The summed E-state index contributed by atoms with van der Waals surface area (Å²) in [6.07, 6.45) is -8.29. The van der Waals surface area contributed by atoms with Crippen LogP contribution in [0.4, 0.5) is 0 Å². The summed E-state index contributed by atoms with van der Waals surface area (Å²) in [5, 5.41) is 51.5. The molecule has 4 rings (SSSR count). The Balaban J connectivity index is 1.83. The molecule has 4 heterocycles. The average Bonchev–Trinajstić information content (AvgIpc) is 3.15. The van der Waals surface area contributed by atoms with Crippen molar-refractivity contribution in [3.8, 4) is 0 Å². The van der Waals surface area contributed by atoms with Crippen LogP contribution in [-0.4, -0.2) is 176 Å². The summed E-state index contributed by atoms with van der Waals surface area (Å²) in [6, 6.07) is -0.593. The first-order chi connectivity index (χ1) is 27.0. The minimum Gasteiger partial charge on any atom is -0.459 e. The molecule has 340 valence electrons. The van der Waals surface area contributed by atoms with Crippen LogP contribution in [0.25, 0.3) is 0 Å². The molecular formula is C42H78N2O14. The Morgan fingerprint density at radius 1 is 0.914 bits per heavy atom. The van der Waals surface area contributed by atoms with Crippen molar-refractivity contribution in [1.29, 1.82) is 0 Å². The molecule has 4 aliphatic rings. The molecule has 0 unspecified atom stereocenters. The van der Waals surface area contributed by atoms with Gasteiger partial charge in [0.25, 0.3) is 0 Å². The van der Waals surface area contributed by atoms with Gasteiger partial charge in [-0.25, -0.2) is 0 Å². The molecule has 4 fully saturated rings. The van der Waals surface area contributed by atoms with E-state index in [2.05, 4.69) is 5.32 Å². The third-order valence-electron chi connectivity index (χ3n) is 13.5. The van der Waals surface area contributed by atoms with E-state index >= 15 is 0 Å². The summed E-state index contributed by atoms with van der Waals surface area (Å²) in [5.41, 5.74) is -4.27. The van der Waals surface area contributed by atoms with Gasteiger partial charge in [-0.2, -0.15) is 0 Å². The van der Waals surface area contributed by atoms with Crippen LogP contribution in [0.15, 0.2) is 0 Å². The first kappa shape index (κ1) is 49.6. The molecule has 58 heavy (non-hydrogen) atoms. The zero-order valence-corrected chi connectivity index (χ0v) is 37.6. The molecule has 5 N–H and O–H groups in total. The number of aliphatic hydroxyl groups excluding tert-OH is 2. The van der Waals surface area contributed by atoms with Crippen molar-refractivity contribution >= 4 is 5.97 Å². The van der Waals surface area contributed by atoms with E-state index in [9.17, 15) is 25.2 Å². The first-order valence-corrected chi connectivity index (χ1v) is 21.4. The van der Waals surface area contributed by atoms with Crippen LogP contribution in [0.1, 0.15) is 94.9 Å². The Morgan fingerprint density at radius 3 is 2.19 bits per heavy atom. The van der Waals surface area contributed by atoms with Crippen LogP contribution < -0.4 is 5.32 Å². The maximum absolute atomic E-state index is 14.5. The van der Waals surface area contributed by atoms with Crippen molar-refractivity contribution in [2.45, 2.75) is 191 Å². The molecule has 0 radical (unpaired) electrons. The number of carbonyl (C=O) groups excluding carboxylic acids is 1. The SMILES string of the molecule is CC[C@H]1OC(=O)[C@H](C)[C@@H](O[C@@H]2C[C@](C)(OC)[C@H](O)[C@H](C)O2)[C@H](C)[C@@H](O[C@@H]2O[C@H](C)C[C@H](N(C)C)[C@@H]2O)[C@](C)(O)C[C@@H](C)[C@@H]2N[C@H](COCCOC)O[C@H]([C@H]2C)[C@]1(C)O. The Labute approximate surface area is 346 Å². The zero-order valence-electron chi connectivity index (χ0n) is 37.6. The number of fused-ring (bicyclic) bond motifs is 2. The number of hydrogen-bond acceptors (Lipinski definition) is 16. The van der Waals surface area contributed by atoms with Crippen LogP contribution >= 0.6 is 0 Å². The first-order valence-electron chi connectivity index (χ1n) is 21.4. The third kappa shape index (κ3) is 11.1. The van der Waals surface area contributed by atoms with E-state index in [0.717, 1.165) is 0 Å². The maximum atomic E-state index is 14.5. The van der Waals surface area contributed by atoms with Crippen molar-refractivity contribution in [3.05, 3.63) is 0 Å². The summed E-state index contributed by atoms with van der Waals surface area (Å²) in [5.74, 6) is -2.95. The topological polar surface area (TPSA) is 196 Å². The number of esters is 1. The van der Waals surface area contributed by atoms with E-state index in [1.807, 2.05) is 53.6 Å². The van der Waals surface area contributed by atoms with E-state index in [1.54, 1.807) is 41.7 Å². The van der Waals surface area contributed by atoms with Gasteiger partial charge < -0.3 is 68.0 Å². The van der Waals surface area contributed by atoms with Crippen LogP contribution in [0.5, 0.6) is 0 Å². The highest BCUT2D eigenvalue weighted by molar-refractivity contribution is 5.73.